The van der Waals surface area contributed by atoms with Crippen LogP contribution in [0, 0.1) is 5.92 Å². The lowest BCUT2D eigenvalue weighted by Crippen LogP contribution is -2.53. The standard InChI is InChI=1S/C47H79N3O8Si2/c1-17-35(8)42(49-44(52)54-30-36-21-19-18-20-22-36)43(51)48-29-41(58-60(32(2)3,33(4)5)34(6)7)37-23-25-38(26-24-37)56-40-27-28-50(45(53)57-46(9,10)11)39(40)31-55-59(15,16)47(12,13)14/h18-26,32-35,39-42H,17,27-31H2,1-16H3,(H,48,51)(H,49,52)/t35-,39+,40+,41?,42-/m0/s1. The molecule has 338 valence electrons. The Balaban J connectivity index is 1.89. The summed E-state index contributed by atoms with van der Waals surface area (Å²) in [5, 5.41) is 6.00. The van der Waals surface area contributed by atoms with Crippen LogP contribution in [0.3, 0.4) is 0 Å². The van der Waals surface area contributed by atoms with Crippen LogP contribution in [0.1, 0.15) is 127 Å². The third-order valence-corrected chi connectivity index (χ3v) is 23.2. The third-order valence-electron chi connectivity index (χ3n) is 12.6. The van der Waals surface area contributed by atoms with Crippen LogP contribution in [0.25, 0.3) is 0 Å². The van der Waals surface area contributed by atoms with Crippen molar-refractivity contribution in [1.29, 1.82) is 0 Å². The van der Waals surface area contributed by atoms with E-state index in [4.69, 9.17) is 23.1 Å². The number of hydrogen-bond acceptors (Lipinski definition) is 8. The molecule has 0 radical (unpaired) electrons. The molecule has 2 aromatic carbocycles. The zero-order valence-corrected chi connectivity index (χ0v) is 41.8. The van der Waals surface area contributed by atoms with Gasteiger partial charge >= 0.3 is 12.2 Å². The van der Waals surface area contributed by atoms with E-state index in [9.17, 15) is 14.4 Å². The van der Waals surface area contributed by atoms with Crippen molar-refractivity contribution >= 4 is 34.7 Å². The van der Waals surface area contributed by atoms with Gasteiger partial charge in [0.25, 0.3) is 0 Å². The van der Waals surface area contributed by atoms with Crippen LogP contribution >= 0.6 is 0 Å². The molecule has 2 aromatic rings. The first-order valence-corrected chi connectivity index (χ1v) is 27.2. The Labute approximate surface area is 364 Å². The van der Waals surface area contributed by atoms with Crippen molar-refractivity contribution in [1.82, 2.24) is 15.5 Å². The zero-order valence-electron chi connectivity index (χ0n) is 39.8. The van der Waals surface area contributed by atoms with Crippen LogP contribution in [0.5, 0.6) is 5.75 Å². The Morgan fingerprint density at radius 3 is 1.95 bits per heavy atom. The fourth-order valence-electron chi connectivity index (χ4n) is 7.93. The maximum absolute atomic E-state index is 14.0. The number of likely N-dealkylation sites (tertiary alicyclic amines) is 1. The van der Waals surface area contributed by atoms with Crippen LogP contribution in [-0.2, 0) is 29.7 Å². The molecule has 1 heterocycles. The van der Waals surface area contributed by atoms with Crippen molar-refractivity contribution in [2.45, 2.75) is 181 Å². The largest absolute Gasteiger partial charge is 0.488 e. The average molecular weight is 870 g/mol. The average Bonchev–Trinajstić information content (AvgIpc) is 3.56. The molecule has 0 saturated carbocycles. The summed E-state index contributed by atoms with van der Waals surface area (Å²) in [5.74, 6) is 0.241. The number of carbonyl (C=O) groups is 3. The summed E-state index contributed by atoms with van der Waals surface area (Å²) in [4.78, 5) is 42.1. The van der Waals surface area contributed by atoms with E-state index in [2.05, 4.69) is 86.0 Å². The number of ether oxygens (including phenoxy) is 3. The van der Waals surface area contributed by atoms with Crippen molar-refractivity contribution < 1.29 is 37.4 Å². The summed E-state index contributed by atoms with van der Waals surface area (Å²) >= 11 is 0. The fourth-order valence-corrected chi connectivity index (χ4v) is 14.5. The Bertz CT molecular complexity index is 1640. The topological polar surface area (TPSA) is 125 Å². The Kier molecular flexibility index (Phi) is 18.3. The molecule has 60 heavy (non-hydrogen) atoms. The number of carbonyl (C=O) groups excluding carboxylic acids is 3. The number of nitrogens with one attached hydrogen (secondary N) is 2. The van der Waals surface area contributed by atoms with Crippen LogP contribution < -0.4 is 15.4 Å². The second-order valence-electron chi connectivity index (χ2n) is 20.1. The van der Waals surface area contributed by atoms with Gasteiger partial charge in [0.05, 0.1) is 18.8 Å². The molecule has 1 fully saturated rings. The number of hydrogen-bond donors (Lipinski definition) is 2. The lowest BCUT2D eigenvalue weighted by molar-refractivity contribution is -0.124. The molecule has 0 aliphatic carbocycles. The lowest BCUT2D eigenvalue weighted by atomic mass is 9.98. The molecule has 1 aliphatic heterocycles. The summed E-state index contributed by atoms with van der Waals surface area (Å²) in [5.41, 5.74) is 2.09. The van der Waals surface area contributed by atoms with Crippen molar-refractivity contribution in [3.63, 3.8) is 0 Å². The first kappa shape index (κ1) is 51.0. The molecule has 3 amide bonds. The monoisotopic (exact) mass is 870 g/mol. The molecule has 1 saturated heterocycles. The third kappa shape index (κ3) is 13.8. The van der Waals surface area contributed by atoms with Crippen LogP contribution in [0.15, 0.2) is 54.6 Å². The van der Waals surface area contributed by atoms with Crippen LogP contribution in [0.2, 0.25) is 34.8 Å². The molecule has 1 aliphatic rings. The maximum atomic E-state index is 14.0. The Hall–Kier alpha value is -3.40. The molecular formula is C47H79N3O8Si2. The molecule has 13 heteroatoms. The van der Waals surface area contributed by atoms with Crippen molar-refractivity contribution in [3.8, 4) is 5.75 Å². The quantitative estimate of drug-likeness (QED) is 0.134. The van der Waals surface area contributed by atoms with Gasteiger partial charge in [-0.15, -0.1) is 0 Å². The summed E-state index contributed by atoms with van der Waals surface area (Å²) < 4.78 is 32.0. The number of benzene rings is 2. The van der Waals surface area contributed by atoms with E-state index in [1.165, 1.54) is 0 Å². The predicted molar refractivity (Wildman–Crippen MR) is 246 cm³/mol. The predicted octanol–water partition coefficient (Wildman–Crippen LogP) is 11.2. The summed E-state index contributed by atoms with van der Waals surface area (Å²) in [7, 11) is -4.56. The Morgan fingerprint density at radius 2 is 1.43 bits per heavy atom. The van der Waals surface area contributed by atoms with Gasteiger partial charge in [-0.2, -0.15) is 0 Å². The smallest absolute Gasteiger partial charge is 0.410 e. The van der Waals surface area contributed by atoms with E-state index in [1.54, 1.807) is 4.90 Å². The highest BCUT2D eigenvalue weighted by atomic mass is 28.4. The SMILES string of the molecule is CC[C@H](C)[C@H](NC(=O)OCc1ccccc1)C(=O)NCC(O[Si](C(C)C)(C(C)C)C(C)C)c1ccc(O[C@@H]2CCN(C(=O)OC(C)(C)C)[C@@H]2CO[Si](C)(C)C(C)(C)C)cc1. The normalized spacial score (nSPS) is 18.0. The molecule has 0 aromatic heterocycles. The zero-order chi connectivity index (χ0) is 45.2. The molecule has 1 unspecified atom stereocenters. The minimum atomic E-state index is -2.43. The summed E-state index contributed by atoms with van der Waals surface area (Å²) in [6.45, 7) is 35.3. The summed E-state index contributed by atoms with van der Waals surface area (Å²) in [6, 6.07) is 16.3. The van der Waals surface area contributed by atoms with Crippen molar-refractivity contribution in [2.24, 2.45) is 5.92 Å². The molecule has 11 nitrogen and oxygen atoms in total. The van der Waals surface area contributed by atoms with Crippen LogP contribution in [-0.4, -0.2) is 83.1 Å². The van der Waals surface area contributed by atoms with Gasteiger partial charge in [-0.1, -0.05) is 125 Å². The number of rotatable bonds is 19. The molecule has 0 bridgehead atoms. The number of amides is 3. The van der Waals surface area contributed by atoms with Crippen molar-refractivity contribution in [2.75, 3.05) is 19.7 Å². The first-order chi connectivity index (χ1) is 27.8. The van der Waals surface area contributed by atoms with E-state index in [-0.39, 0.29) is 48.3 Å². The highest BCUT2D eigenvalue weighted by Gasteiger charge is 2.47. The molecule has 2 N–H and O–H groups in total. The highest BCUT2D eigenvalue weighted by Crippen LogP contribution is 2.45. The maximum Gasteiger partial charge on any atom is 0.410 e. The minimum absolute atomic E-state index is 0.00774. The van der Waals surface area contributed by atoms with E-state index in [1.807, 2.05) is 89.2 Å². The van der Waals surface area contributed by atoms with Gasteiger partial charge in [-0.25, -0.2) is 9.59 Å². The second kappa shape index (κ2) is 21.6. The van der Waals surface area contributed by atoms with E-state index < -0.39 is 40.5 Å². The first-order valence-electron chi connectivity index (χ1n) is 22.2. The van der Waals surface area contributed by atoms with Gasteiger partial charge in [0.15, 0.2) is 8.32 Å². The number of alkyl carbamates (subject to hydrolysis) is 1. The summed E-state index contributed by atoms with van der Waals surface area (Å²) in [6.07, 6.45) is -0.434. The van der Waals surface area contributed by atoms with Crippen LogP contribution in [0.4, 0.5) is 9.59 Å². The highest BCUT2D eigenvalue weighted by molar-refractivity contribution is 6.77. The van der Waals surface area contributed by atoms with Gasteiger partial charge in [0.1, 0.15) is 30.1 Å². The van der Waals surface area contributed by atoms with Gasteiger partial charge < -0.3 is 33.7 Å². The van der Waals surface area contributed by atoms with Gasteiger partial charge in [0, 0.05) is 19.5 Å². The minimum Gasteiger partial charge on any atom is -0.488 e. The molecular weight excluding hydrogens is 791 g/mol. The fraction of sp³-hybridized carbons (Fsp3) is 0.681. The van der Waals surface area contributed by atoms with E-state index >= 15 is 0 Å². The van der Waals surface area contributed by atoms with Crippen molar-refractivity contribution in [3.05, 3.63) is 65.7 Å². The van der Waals surface area contributed by atoms with Gasteiger partial charge in [-0.3, -0.25) is 9.69 Å². The van der Waals surface area contributed by atoms with E-state index in [0.29, 0.717) is 48.4 Å². The molecule has 0 spiro atoms. The second-order valence-corrected chi connectivity index (χ2v) is 30.3. The molecule has 5 atom stereocenters. The van der Waals surface area contributed by atoms with E-state index in [0.717, 1.165) is 11.1 Å². The lowest BCUT2D eigenvalue weighted by Gasteiger charge is -2.45. The number of nitrogens with zero attached hydrogens (tertiary/aromatic N) is 1. The van der Waals surface area contributed by atoms with Gasteiger partial charge in [-0.05, 0) is 84.7 Å². The Morgan fingerprint density at radius 1 is 0.850 bits per heavy atom. The molecule has 3 rings (SSSR count). The van der Waals surface area contributed by atoms with Gasteiger partial charge in [0.2, 0.25) is 14.2 Å².